The van der Waals surface area contributed by atoms with E-state index in [2.05, 4.69) is 25.7 Å². The first-order chi connectivity index (χ1) is 7.15. The lowest BCUT2D eigenvalue weighted by Gasteiger charge is -2.26. The number of carbonyl (C=O) groups excluding carboxylic acids is 1. The third-order valence-corrected chi connectivity index (χ3v) is 2.41. The number of nitrogens with zero attached hydrogens (tertiary/aromatic N) is 1. The van der Waals surface area contributed by atoms with Gasteiger partial charge in [-0.3, -0.25) is 4.90 Å². The van der Waals surface area contributed by atoms with Crippen LogP contribution in [0.1, 0.15) is 40.5 Å². The Labute approximate surface area is 93.1 Å². The highest BCUT2D eigenvalue weighted by atomic mass is 16.5. The fraction of sp³-hybridized carbons (Fsp3) is 0.750. The van der Waals surface area contributed by atoms with Crippen molar-refractivity contribution in [2.75, 3.05) is 13.3 Å². The lowest BCUT2D eigenvalue weighted by atomic mass is 10.2. The summed E-state index contributed by atoms with van der Waals surface area (Å²) < 4.78 is 5.10. The Bertz CT molecular complexity index is 202. The fourth-order valence-corrected chi connectivity index (χ4v) is 1.46. The number of rotatable bonds is 7. The van der Waals surface area contributed by atoms with E-state index >= 15 is 0 Å². The molecule has 0 aromatic rings. The van der Waals surface area contributed by atoms with Crippen LogP contribution in [0.2, 0.25) is 0 Å². The zero-order valence-electron chi connectivity index (χ0n) is 10.3. The summed E-state index contributed by atoms with van der Waals surface area (Å²) in [6, 6.07) is 0.471. The molecule has 3 nitrogen and oxygen atoms in total. The van der Waals surface area contributed by atoms with Crippen LogP contribution in [0.5, 0.6) is 0 Å². The van der Waals surface area contributed by atoms with Crippen molar-refractivity contribution in [2.24, 2.45) is 0 Å². The number of hydrogen-bond donors (Lipinski definition) is 0. The van der Waals surface area contributed by atoms with Gasteiger partial charge in [0.25, 0.3) is 0 Å². The first kappa shape index (κ1) is 14.2. The molecular formula is C12H23NO2. The summed E-state index contributed by atoms with van der Waals surface area (Å²) in [6.45, 7) is 9.51. The third-order valence-electron chi connectivity index (χ3n) is 2.41. The van der Waals surface area contributed by atoms with Crippen molar-refractivity contribution in [2.45, 2.75) is 46.6 Å². The highest BCUT2D eigenvalue weighted by molar-refractivity contribution is 5.81. The number of allylic oxidation sites excluding steroid dienone is 1. The molecule has 0 aliphatic rings. The molecule has 0 amide bonds. The number of ether oxygens (including phenoxy) is 1. The van der Waals surface area contributed by atoms with E-state index in [0.29, 0.717) is 12.8 Å². The van der Waals surface area contributed by atoms with Crippen molar-refractivity contribution in [3.63, 3.8) is 0 Å². The van der Waals surface area contributed by atoms with Gasteiger partial charge in [-0.05, 0) is 26.8 Å². The lowest BCUT2D eigenvalue weighted by molar-refractivity contribution is -0.143. The topological polar surface area (TPSA) is 29.5 Å². The molecule has 0 aliphatic carbocycles. The molecule has 0 aromatic heterocycles. The van der Waals surface area contributed by atoms with Crippen LogP contribution in [0.15, 0.2) is 12.2 Å². The van der Waals surface area contributed by atoms with E-state index in [1.165, 1.54) is 6.08 Å². The largest absolute Gasteiger partial charge is 0.446 e. The smallest absolute Gasteiger partial charge is 0.331 e. The van der Waals surface area contributed by atoms with E-state index < -0.39 is 0 Å². The van der Waals surface area contributed by atoms with Crippen molar-refractivity contribution in [1.82, 2.24) is 4.90 Å². The second kappa shape index (κ2) is 8.48. The standard InChI is InChI=1S/C12H23NO2/c1-5-8-11(4)13(7-3)10-15-12(14)9-6-2/h6,9,11H,5,7-8,10H2,1-4H3/b9-6-. The maximum absolute atomic E-state index is 11.1. The van der Waals surface area contributed by atoms with Crippen LogP contribution in [-0.4, -0.2) is 30.2 Å². The van der Waals surface area contributed by atoms with Crippen LogP contribution >= 0.6 is 0 Å². The highest BCUT2D eigenvalue weighted by Crippen LogP contribution is 2.05. The second-order valence-corrected chi connectivity index (χ2v) is 3.64. The van der Waals surface area contributed by atoms with Gasteiger partial charge in [-0.25, -0.2) is 4.79 Å². The van der Waals surface area contributed by atoms with Crippen LogP contribution in [0.4, 0.5) is 0 Å². The first-order valence-electron chi connectivity index (χ1n) is 5.69. The summed E-state index contributed by atoms with van der Waals surface area (Å²) in [7, 11) is 0. The SMILES string of the molecule is C/C=C\C(=O)OCN(CC)C(C)CCC. The minimum absolute atomic E-state index is 0.264. The van der Waals surface area contributed by atoms with E-state index in [1.54, 1.807) is 13.0 Å². The molecule has 1 unspecified atom stereocenters. The summed E-state index contributed by atoms with van der Waals surface area (Å²) in [6.07, 6.45) is 5.42. The van der Waals surface area contributed by atoms with Gasteiger partial charge < -0.3 is 4.74 Å². The predicted octanol–water partition coefficient (Wildman–Crippen LogP) is 2.57. The molecule has 0 fully saturated rings. The maximum Gasteiger partial charge on any atom is 0.331 e. The number of esters is 1. The minimum Gasteiger partial charge on any atom is -0.446 e. The summed E-state index contributed by atoms with van der Waals surface area (Å²) in [5, 5.41) is 0. The molecule has 0 aliphatic heterocycles. The third kappa shape index (κ3) is 6.28. The molecule has 0 rings (SSSR count). The number of hydrogen-bond acceptors (Lipinski definition) is 3. The molecule has 0 bridgehead atoms. The molecule has 15 heavy (non-hydrogen) atoms. The van der Waals surface area contributed by atoms with E-state index in [4.69, 9.17) is 4.74 Å². The zero-order chi connectivity index (χ0) is 11.7. The van der Waals surface area contributed by atoms with E-state index in [0.717, 1.165) is 19.4 Å². The van der Waals surface area contributed by atoms with Gasteiger partial charge in [0.2, 0.25) is 0 Å². The van der Waals surface area contributed by atoms with Crippen molar-refractivity contribution in [3.8, 4) is 0 Å². The molecule has 0 heterocycles. The normalized spacial score (nSPS) is 13.4. The molecule has 3 heteroatoms. The minimum atomic E-state index is -0.264. The molecule has 0 spiro atoms. The van der Waals surface area contributed by atoms with E-state index in [-0.39, 0.29) is 5.97 Å². The van der Waals surface area contributed by atoms with Gasteiger partial charge in [0.05, 0.1) is 0 Å². The Balaban J connectivity index is 3.93. The van der Waals surface area contributed by atoms with E-state index in [1.807, 2.05) is 0 Å². The van der Waals surface area contributed by atoms with Gasteiger partial charge in [-0.15, -0.1) is 0 Å². The van der Waals surface area contributed by atoms with Gasteiger partial charge in [0.1, 0.15) is 6.73 Å². The highest BCUT2D eigenvalue weighted by Gasteiger charge is 2.11. The van der Waals surface area contributed by atoms with Crippen molar-refractivity contribution in [1.29, 1.82) is 0 Å². The zero-order valence-corrected chi connectivity index (χ0v) is 10.3. The summed E-state index contributed by atoms with van der Waals surface area (Å²) >= 11 is 0. The van der Waals surface area contributed by atoms with Gasteiger partial charge in [-0.2, -0.15) is 0 Å². The lowest BCUT2D eigenvalue weighted by Crippen LogP contribution is -2.35. The summed E-state index contributed by atoms with van der Waals surface area (Å²) in [5.41, 5.74) is 0. The molecule has 0 saturated heterocycles. The van der Waals surface area contributed by atoms with Crippen LogP contribution in [0.25, 0.3) is 0 Å². The molecule has 1 atom stereocenters. The number of carbonyl (C=O) groups is 1. The average molecular weight is 213 g/mol. The Morgan fingerprint density at radius 3 is 2.60 bits per heavy atom. The summed E-state index contributed by atoms with van der Waals surface area (Å²) in [4.78, 5) is 13.3. The van der Waals surface area contributed by atoms with Crippen LogP contribution in [0, 0.1) is 0 Å². The van der Waals surface area contributed by atoms with Crippen molar-refractivity contribution < 1.29 is 9.53 Å². The Morgan fingerprint density at radius 2 is 2.13 bits per heavy atom. The van der Waals surface area contributed by atoms with Gasteiger partial charge >= 0.3 is 5.97 Å². The summed E-state index contributed by atoms with van der Waals surface area (Å²) in [5.74, 6) is -0.264. The Morgan fingerprint density at radius 1 is 1.47 bits per heavy atom. The van der Waals surface area contributed by atoms with E-state index in [9.17, 15) is 4.79 Å². The van der Waals surface area contributed by atoms with Crippen LogP contribution in [0.3, 0.4) is 0 Å². The second-order valence-electron chi connectivity index (χ2n) is 3.64. The molecular weight excluding hydrogens is 190 g/mol. The van der Waals surface area contributed by atoms with Crippen LogP contribution in [-0.2, 0) is 9.53 Å². The molecule has 0 N–H and O–H groups in total. The van der Waals surface area contributed by atoms with Crippen LogP contribution < -0.4 is 0 Å². The molecule has 0 saturated carbocycles. The fourth-order valence-electron chi connectivity index (χ4n) is 1.46. The predicted molar refractivity (Wildman–Crippen MR) is 62.5 cm³/mol. The molecule has 0 radical (unpaired) electrons. The quantitative estimate of drug-likeness (QED) is 0.370. The van der Waals surface area contributed by atoms with Gasteiger partial charge in [0.15, 0.2) is 0 Å². The first-order valence-corrected chi connectivity index (χ1v) is 5.69. The van der Waals surface area contributed by atoms with Gasteiger partial charge in [-0.1, -0.05) is 26.3 Å². The Kier molecular flexibility index (Phi) is 8.01. The monoisotopic (exact) mass is 213 g/mol. The molecule has 88 valence electrons. The van der Waals surface area contributed by atoms with Crippen molar-refractivity contribution >= 4 is 5.97 Å². The maximum atomic E-state index is 11.1. The average Bonchev–Trinajstić information content (AvgIpc) is 2.19. The van der Waals surface area contributed by atoms with Gasteiger partial charge in [0, 0.05) is 12.1 Å². The van der Waals surface area contributed by atoms with Crippen molar-refractivity contribution in [3.05, 3.63) is 12.2 Å². The Hall–Kier alpha value is -0.830. The molecule has 0 aromatic carbocycles.